The van der Waals surface area contributed by atoms with Crippen LogP contribution in [0.4, 0.5) is 8.78 Å². The molecule has 3 nitrogen and oxygen atoms in total. The molecule has 0 saturated carbocycles. The van der Waals surface area contributed by atoms with Crippen LogP contribution in [0.25, 0.3) is 0 Å². The van der Waals surface area contributed by atoms with E-state index in [9.17, 15) is 8.78 Å². The molecular formula is C12H9ClF2N2O. The van der Waals surface area contributed by atoms with Crippen LogP contribution in [0, 0.1) is 18.6 Å². The number of aryl methyl sites for hydroxylation is 1. The maximum atomic E-state index is 13.3. The molecule has 0 aliphatic heterocycles. The van der Waals surface area contributed by atoms with Gasteiger partial charge in [0, 0.05) is 11.8 Å². The molecule has 0 aliphatic rings. The fourth-order valence-corrected chi connectivity index (χ4v) is 1.64. The Morgan fingerprint density at radius 1 is 1.22 bits per heavy atom. The highest BCUT2D eigenvalue weighted by Crippen LogP contribution is 2.18. The molecule has 6 heteroatoms. The first-order chi connectivity index (χ1) is 8.54. The first kappa shape index (κ1) is 12.7. The van der Waals surface area contributed by atoms with Crippen LogP contribution in [0.3, 0.4) is 0 Å². The van der Waals surface area contributed by atoms with Gasteiger partial charge in [0.25, 0.3) is 0 Å². The maximum absolute atomic E-state index is 13.3. The lowest BCUT2D eigenvalue weighted by molar-refractivity contribution is 0.280. The molecule has 0 unspecified atom stereocenters. The zero-order valence-corrected chi connectivity index (χ0v) is 10.2. The van der Waals surface area contributed by atoms with Gasteiger partial charge in [0.1, 0.15) is 17.6 Å². The van der Waals surface area contributed by atoms with Crippen LogP contribution in [0.15, 0.2) is 24.3 Å². The number of nitrogens with zero attached hydrogens (tertiary/aromatic N) is 2. The van der Waals surface area contributed by atoms with E-state index in [0.29, 0.717) is 16.7 Å². The summed E-state index contributed by atoms with van der Waals surface area (Å²) in [4.78, 5) is 8.01. The fraction of sp³-hybridized carbons (Fsp3) is 0.167. The fourth-order valence-electron chi connectivity index (χ4n) is 1.39. The average molecular weight is 271 g/mol. The summed E-state index contributed by atoms with van der Waals surface area (Å²) in [6.45, 7) is 1.72. The lowest BCUT2D eigenvalue weighted by atomic mass is 10.3. The molecule has 1 aromatic heterocycles. The van der Waals surface area contributed by atoms with Crippen molar-refractivity contribution in [3.63, 3.8) is 0 Å². The number of halogens is 3. The first-order valence-corrected chi connectivity index (χ1v) is 5.50. The predicted molar refractivity (Wildman–Crippen MR) is 62.5 cm³/mol. The minimum absolute atomic E-state index is 0.0377. The number of ether oxygens (including phenoxy) is 1. The maximum Gasteiger partial charge on any atom is 0.167 e. The van der Waals surface area contributed by atoms with Crippen molar-refractivity contribution in [2.75, 3.05) is 0 Å². The molecule has 0 saturated heterocycles. The zero-order valence-electron chi connectivity index (χ0n) is 9.45. The van der Waals surface area contributed by atoms with Gasteiger partial charge in [-0.15, -0.1) is 0 Å². The molecule has 1 heterocycles. The van der Waals surface area contributed by atoms with Crippen molar-refractivity contribution in [1.29, 1.82) is 0 Å². The van der Waals surface area contributed by atoms with Gasteiger partial charge in [-0.2, -0.15) is 0 Å². The number of hydrogen-bond acceptors (Lipinski definition) is 3. The molecule has 0 amide bonds. The van der Waals surface area contributed by atoms with E-state index in [0.717, 1.165) is 12.1 Å². The number of rotatable bonds is 3. The summed E-state index contributed by atoms with van der Waals surface area (Å²) >= 11 is 5.75. The largest absolute Gasteiger partial charge is 0.483 e. The molecular weight excluding hydrogens is 262 g/mol. The summed E-state index contributed by atoms with van der Waals surface area (Å²) in [5.41, 5.74) is 0.688. The van der Waals surface area contributed by atoms with Gasteiger partial charge in [0.05, 0.1) is 0 Å². The molecule has 0 radical (unpaired) electrons. The summed E-state index contributed by atoms with van der Waals surface area (Å²) in [7, 11) is 0. The molecule has 0 N–H and O–H groups in total. The Bertz CT molecular complexity index is 558. The molecule has 0 bridgehead atoms. The lowest BCUT2D eigenvalue weighted by Crippen LogP contribution is -2.04. The van der Waals surface area contributed by atoms with Crippen molar-refractivity contribution in [2.24, 2.45) is 0 Å². The summed E-state index contributed by atoms with van der Waals surface area (Å²) < 4.78 is 31.1. The van der Waals surface area contributed by atoms with Crippen molar-refractivity contribution < 1.29 is 13.5 Å². The highest BCUT2D eigenvalue weighted by atomic mass is 35.5. The van der Waals surface area contributed by atoms with Gasteiger partial charge in [0.15, 0.2) is 17.4 Å². The van der Waals surface area contributed by atoms with Crippen LogP contribution in [-0.4, -0.2) is 9.97 Å². The van der Waals surface area contributed by atoms with Crippen LogP contribution in [0.2, 0.25) is 5.15 Å². The standard InChI is InChI=1S/C12H9ClF2N2O/c1-7-4-11(13)17-12(16-7)6-18-10-3-2-8(14)5-9(10)15/h2-5H,6H2,1H3. The lowest BCUT2D eigenvalue weighted by Gasteiger charge is -2.07. The monoisotopic (exact) mass is 270 g/mol. The summed E-state index contributed by atoms with van der Waals surface area (Å²) in [6, 6.07) is 4.67. The zero-order chi connectivity index (χ0) is 13.1. The molecule has 2 aromatic rings. The second kappa shape index (κ2) is 5.27. The van der Waals surface area contributed by atoms with E-state index in [1.807, 2.05) is 0 Å². The van der Waals surface area contributed by atoms with Gasteiger partial charge in [-0.1, -0.05) is 11.6 Å². The molecule has 0 aliphatic carbocycles. The minimum atomic E-state index is -0.770. The number of benzene rings is 1. The normalized spacial score (nSPS) is 10.4. The van der Waals surface area contributed by atoms with E-state index in [1.165, 1.54) is 6.07 Å². The molecule has 94 valence electrons. The smallest absolute Gasteiger partial charge is 0.167 e. The molecule has 0 fully saturated rings. The van der Waals surface area contributed by atoms with Crippen molar-refractivity contribution >= 4 is 11.6 Å². The van der Waals surface area contributed by atoms with E-state index in [1.54, 1.807) is 13.0 Å². The Morgan fingerprint density at radius 3 is 2.67 bits per heavy atom. The Morgan fingerprint density at radius 2 is 2.00 bits per heavy atom. The van der Waals surface area contributed by atoms with Crippen LogP contribution in [-0.2, 0) is 6.61 Å². The predicted octanol–water partition coefficient (Wildman–Crippen LogP) is 3.30. The number of aromatic nitrogens is 2. The van der Waals surface area contributed by atoms with E-state index >= 15 is 0 Å². The molecule has 18 heavy (non-hydrogen) atoms. The topological polar surface area (TPSA) is 35.0 Å². The van der Waals surface area contributed by atoms with Crippen molar-refractivity contribution in [3.05, 3.63) is 52.6 Å². The van der Waals surface area contributed by atoms with Crippen LogP contribution in [0.1, 0.15) is 11.5 Å². The van der Waals surface area contributed by atoms with Crippen LogP contribution < -0.4 is 4.74 Å². The van der Waals surface area contributed by atoms with Gasteiger partial charge in [-0.25, -0.2) is 18.7 Å². The van der Waals surface area contributed by atoms with Crippen molar-refractivity contribution in [2.45, 2.75) is 13.5 Å². The van der Waals surface area contributed by atoms with Gasteiger partial charge in [-0.05, 0) is 25.1 Å². The summed E-state index contributed by atoms with van der Waals surface area (Å²) in [5.74, 6) is -1.15. The molecule has 0 atom stereocenters. The van der Waals surface area contributed by atoms with Gasteiger partial charge in [-0.3, -0.25) is 0 Å². The van der Waals surface area contributed by atoms with E-state index in [4.69, 9.17) is 16.3 Å². The highest BCUT2D eigenvalue weighted by Gasteiger charge is 2.07. The SMILES string of the molecule is Cc1cc(Cl)nc(COc2ccc(F)cc2F)n1. The third kappa shape index (κ3) is 3.13. The first-order valence-electron chi connectivity index (χ1n) is 5.12. The Kier molecular flexibility index (Phi) is 3.72. The average Bonchev–Trinajstić information content (AvgIpc) is 2.26. The van der Waals surface area contributed by atoms with Crippen LogP contribution in [0.5, 0.6) is 5.75 Å². The molecule has 2 rings (SSSR count). The van der Waals surface area contributed by atoms with Gasteiger partial charge < -0.3 is 4.74 Å². The molecule has 0 spiro atoms. The van der Waals surface area contributed by atoms with Crippen LogP contribution >= 0.6 is 11.6 Å². The Balaban J connectivity index is 2.11. The van der Waals surface area contributed by atoms with Crippen molar-refractivity contribution in [1.82, 2.24) is 9.97 Å². The van der Waals surface area contributed by atoms with E-state index in [2.05, 4.69) is 9.97 Å². The highest BCUT2D eigenvalue weighted by molar-refractivity contribution is 6.29. The van der Waals surface area contributed by atoms with Gasteiger partial charge >= 0.3 is 0 Å². The third-order valence-electron chi connectivity index (χ3n) is 2.12. The second-order valence-corrected chi connectivity index (χ2v) is 4.00. The Hall–Kier alpha value is -1.75. The number of hydrogen-bond donors (Lipinski definition) is 0. The van der Waals surface area contributed by atoms with E-state index in [-0.39, 0.29) is 12.4 Å². The minimum Gasteiger partial charge on any atom is -0.483 e. The quantitative estimate of drug-likeness (QED) is 0.803. The third-order valence-corrected chi connectivity index (χ3v) is 2.31. The van der Waals surface area contributed by atoms with Crippen molar-refractivity contribution in [3.8, 4) is 5.75 Å². The Labute approximate surface area is 107 Å². The summed E-state index contributed by atoms with van der Waals surface area (Å²) in [6.07, 6.45) is 0. The second-order valence-electron chi connectivity index (χ2n) is 3.61. The van der Waals surface area contributed by atoms with E-state index < -0.39 is 11.6 Å². The molecule has 1 aromatic carbocycles. The van der Waals surface area contributed by atoms with Gasteiger partial charge in [0.2, 0.25) is 0 Å². The summed E-state index contributed by atoms with van der Waals surface area (Å²) in [5, 5.41) is 0.292.